The monoisotopic (exact) mass is 465 g/mol. The maximum absolute atomic E-state index is 12.7. The molecule has 0 saturated heterocycles. The van der Waals surface area contributed by atoms with Crippen molar-refractivity contribution < 1.29 is 24.2 Å². The molecule has 5 rings (SSSR count). The van der Waals surface area contributed by atoms with E-state index < -0.39 is 35.4 Å². The fourth-order valence-corrected chi connectivity index (χ4v) is 3.91. The van der Waals surface area contributed by atoms with Crippen molar-refractivity contribution in [3.05, 3.63) is 80.9 Å². The summed E-state index contributed by atoms with van der Waals surface area (Å²) in [4.78, 5) is 45.9. The highest BCUT2D eigenvalue weighted by atomic mass is 35.5. The summed E-state index contributed by atoms with van der Waals surface area (Å²) in [5, 5.41) is 11.3. The molecule has 166 valence electrons. The van der Waals surface area contributed by atoms with Crippen molar-refractivity contribution in [3.8, 4) is 17.3 Å². The standard InChI is InChI=1S/C23H16ClN3O6/c1-11-9-16(28)32-18-20(29)26-19-21(30)25-17(12-5-3-2-4-6-12)14-10-13(24)7-8-15(14)27(19)22(18)33-23(11)31/h2-8,10-11,21,30H,9H2,1H3. The molecule has 1 N–H and O–H groups in total. The van der Waals surface area contributed by atoms with E-state index in [2.05, 4.69) is 9.98 Å². The molecule has 3 aromatic rings. The van der Waals surface area contributed by atoms with Crippen molar-refractivity contribution >= 4 is 29.3 Å². The average Bonchev–Trinajstić information content (AvgIpc) is 2.90. The minimum atomic E-state index is -1.60. The van der Waals surface area contributed by atoms with Gasteiger partial charge in [-0.1, -0.05) is 48.9 Å². The molecule has 1 aromatic heterocycles. The highest BCUT2D eigenvalue weighted by Gasteiger charge is 2.35. The van der Waals surface area contributed by atoms with Gasteiger partial charge in [0.15, 0.2) is 5.82 Å². The summed E-state index contributed by atoms with van der Waals surface area (Å²) >= 11 is 6.28. The third kappa shape index (κ3) is 3.61. The van der Waals surface area contributed by atoms with E-state index in [9.17, 15) is 19.5 Å². The molecule has 2 atom stereocenters. The first-order chi connectivity index (χ1) is 15.8. The number of rotatable bonds is 1. The first-order valence-corrected chi connectivity index (χ1v) is 10.4. The Morgan fingerprint density at radius 1 is 1.09 bits per heavy atom. The lowest BCUT2D eigenvalue weighted by Gasteiger charge is -2.23. The van der Waals surface area contributed by atoms with Crippen LogP contribution >= 0.6 is 11.6 Å². The van der Waals surface area contributed by atoms with Gasteiger partial charge >= 0.3 is 17.5 Å². The second-order valence-corrected chi connectivity index (χ2v) is 8.06. The zero-order chi connectivity index (χ0) is 23.3. The molecule has 0 spiro atoms. The van der Waals surface area contributed by atoms with Crippen LogP contribution in [-0.4, -0.2) is 32.3 Å². The summed E-state index contributed by atoms with van der Waals surface area (Å²) in [7, 11) is 0. The van der Waals surface area contributed by atoms with Gasteiger partial charge in [-0.05, 0) is 18.2 Å². The van der Waals surface area contributed by atoms with Crippen LogP contribution in [-0.2, 0) is 9.59 Å². The largest absolute Gasteiger partial charge is 0.415 e. The molecule has 0 aliphatic carbocycles. The van der Waals surface area contributed by atoms with Gasteiger partial charge in [-0.25, -0.2) is 4.99 Å². The van der Waals surface area contributed by atoms with Crippen LogP contribution in [0.25, 0.3) is 5.69 Å². The predicted molar refractivity (Wildman–Crippen MR) is 117 cm³/mol. The minimum absolute atomic E-state index is 0.203. The maximum atomic E-state index is 12.7. The Morgan fingerprint density at radius 2 is 1.85 bits per heavy atom. The number of aromatic nitrogens is 2. The number of fused-ring (bicyclic) bond motifs is 5. The molecule has 2 aliphatic rings. The van der Waals surface area contributed by atoms with E-state index in [0.717, 1.165) is 0 Å². The molecule has 0 fully saturated rings. The van der Waals surface area contributed by atoms with Crippen LogP contribution in [0, 0.1) is 5.92 Å². The molecule has 0 bridgehead atoms. The Hall–Kier alpha value is -3.82. The summed E-state index contributed by atoms with van der Waals surface area (Å²) in [5.41, 5.74) is 0.941. The van der Waals surface area contributed by atoms with Crippen LogP contribution in [0.1, 0.15) is 36.5 Å². The van der Waals surface area contributed by atoms with Gasteiger partial charge in [-0.2, -0.15) is 4.98 Å². The number of hydrogen-bond acceptors (Lipinski definition) is 8. The number of halogens is 1. The van der Waals surface area contributed by atoms with E-state index in [1.807, 2.05) is 18.2 Å². The summed E-state index contributed by atoms with van der Waals surface area (Å²) in [5.74, 6) is -3.41. The van der Waals surface area contributed by atoms with Crippen molar-refractivity contribution in [1.82, 2.24) is 9.55 Å². The second kappa shape index (κ2) is 7.95. The zero-order valence-electron chi connectivity index (χ0n) is 17.2. The van der Waals surface area contributed by atoms with Crippen LogP contribution < -0.4 is 15.0 Å². The van der Waals surface area contributed by atoms with Crippen LogP contribution in [0.15, 0.2) is 58.3 Å². The number of benzene rings is 2. The average molecular weight is 466 g/mol. The number of hydrogen-bond donors (Lipinski definition) is 1. The molecule has 10 heteroatoms. The lowest BCUT2D eigenvalue weighted by Crippen LogP contribution is -2.32. The molecule has 33 heavy (non-hydrogen) atoms. The van der Waals surface area contributed by atoms with Crippen molar-refractivity contribution in [2.24, 2.45) is 10.9 Å². The van der Waals surface area contributed by atoms with Gasteiger partial charge in [0.1, 0.15) is 0 Å². The highest BCUT2D eigenvalue weighted by Crippen LogP contribution is 2.37. The molecule has 2 unspecified atom stereocenters. The SMILES string of the molecule is CC1CC(=O)Oc2c(n3c(nc2=O)C(O)N=C(c2ccccc2)c2cc(Cl)ccc2-3)OC1=O. The summed E-state index contributed by atoms with van der Waals surface area (Å²) in [6, 6.07) is 13.9. The van der Waals surface area contributed by atoms with Crippen molar-refractivity contribution in [2.45, 2.75) is 19.6 Å². The van der Waals surface area contributed by atoms with E-state index in [1.165, 1.54) is 11.5 Å². The van der Waals surface area contributed by atoms with E-state index in [1.54, 1.807) is 30.3 Å². The summed E-state index contributed by atoms with van der Waals surface area (Å²) in [6.45, 7) is 1.51. The van der Waals surface area contributed by atoms with E-state index in [4.69, 9.17) is 21.1 Å². The normalized spacial score (nSPS) is 19.5. The molecular weight excluding hydrogens is 450 g/mol. The second-order valence-electron chi connectivity index (χ2n) is 7.62. The van der Waals surface area contributed by atoms with Gasteiger partial charge < -0.3 is 14.6 Å². The molecular formula is C23H16ClN3O6. The van der Waals surface area contributed by atoms with Gasteiger partial charge in [-0.15, -0.1) is 0 Å². The number of aliphatic hydroxyl groups is 1. The quantitative estimate of drug-likeness (QED) is 0.548. The first-order valence-electron chi connectivity index (χ1n) is 10.0. The number of aliphatic imine (C=N–C) groups is 1. The summed E-state index contributed by atoms with van der Waals surface area (Å²) < 4.78 is 12.0. The number of carbonyl (C=O) groups excluding carboxylic acids is 2. The number of aliphatic hydroxyl groups excluding tert-OH is 1. The number of carbonyl (C=O) groups is 2. The van der Waals surface area contributed by atoms with Crippen LogP contribution in [0.2, 0.25) is 5.02 Å². The number of nitrogens with zero attached hydrogens (tertiary/aromatic N) is 3. The van der Waals surface area contributed by atoms with E-state index in [-0.39, 0.29) is 18.1 Å². The topological polar surface area (TPSA) is 120 Å². The molecule has 2 aliphatic heterocycles. The lowest BCUT2D eigenvalue weighted by atomic mass is 10.0. The highest BCUT2D eigenvalue weighted by molar-refractivity contribution is 6.31. The molecule has 2 aromatic carbocycles. The van der Waals surface area contributed by atoms with Crippen molar-refractivity contribution in [1.29, 1.82) is 0 Å². The lowest BCUT2D eigenvalue weighted by molar-refractivity contribution is -0.147. The smallest absolute Gasteiger partial charge is 0.320 e. The predicted octanol–water partition coefficient (Wildman–Crippen LogP) is 2.58. The first kappa shape index (κ1) is 21.0. The zero-order valence-corrected chi connectivity index (χ0v) is 17.9. The third-order valence-corrected chi connectivity index (χ3v) is 5.54. The van der Waals surface area contributed by atoms with Gasteiger partial charge in [-0.3, -0.25) is 19.0 Å². The third-order valence-electron chi connectivity index (χ3n) is 5.31. The Balaban J connectivity index is 1.85. The molecule has 0 saturated carbocycles. The molecule has 0 radical (unpaired) electrons. The fourth-order valence-electron chi connectivity index (χ4n) is 3.74. The van der Waals surface area contributed by atoms with Crippen molar-refractivity contribution in [2.75, 3.05) is 0 Å². The minimum Gasteiger partial charge on any atom is -0.415 e. The van der Waals surface area contributed by atoms with E-state index in [0.29, 0.717) is 27.5 Å². The Bertz CT molecular complexity index is 1400. The molecule has 9 nitrogen and oxygen atoms in total. The van der Waals surface area contributed by atoms with Gasteiger partial charge in [0, 0.05) is 16.1 Å². The van der Waals surface area contributed by atoms with Crippen molar-refractivity contribution in [3.63, 3.8) is 0 Å². The maximum Gasteiger partial charge on any atom is 0.320 e. The van der Waals surface area contributed by atoms with Gasteiger partial charge in [0.05, 0.1) is 23.7 Å². The number of esters is 2. The Morgan fingerprint density at radius 3 is 2.61 bits per heavy atom. The molecule has 0 amide bonds. The Labute approximate surface area is 191 Å². The van der Waals surface area contributed by atoms with E-state index >= 15 is 0 Å². The summed E-state index contributed by atoms with van der Waals surface area (Å²) in [6.07, 6.45) is -1.85. The van der Waals surface area contributed by atoms with Crippen LogP contribution in [0.4, 0.5) is 0 Å². The van der Waals surface area contributed by atoms with Gasteiger partial charge in [0.25, 0.3) is 11.6 Å². The molecule has 3 heterocycles. The Kier molecular flexibility index (Phi) is 5.07. The number of ether oxygens (including phenoxy) is 2. The fraction of sp³-hybridized carbons (Fsp3) is 0.174. The van der Waals surface area contributed by atoms with Crippen LogP contribution in [0.3, 0.4) is 0 Å². The van der Waals surface area contributed by atoms with Crippen LogP contribution in [0.5, 0.6) is 11.6 Å². The van der Waals surface area contributed by atoms with Gasteiger partial charge in [0.2, 0.25) is 6.23 Å².